The van der Waals surface area contributed by atoms with E-state index in [1.807, 2.05) is 0 Å². The van der Waals surface area contributed by atoms with Gasteiger partial charge in [0.2, 0.25) is 0 Å². The Morgan fingerprint density at radius 2 is 1.75 bits per heavy atom. The highest BCUT2D eigenvalue weighted by Gasteiger charge is 2.14. The third kappa shape index (κ3) is 1.69. The molecule has 1 heteroatoms. The number of hydrogen-bond donors (Lipinski definition) is 0. The SMILES string of the molecule is Cc1ccc(Cc2ccc3c(c2)OC3)cc1. The number of benzene rings is 2. The summed E-state index contributed by atoms with van der Waals surface area (Å²) in [6, 6.07) is 15.2. The topological polar surface area (TPSA) is 9.23 Å². The van der Waals surface area contributed by atoms with Gasteiger partial charge >= 0.3 is 0 Å². The summed E-state index contributed by atoms with van der Waals surface area (Å²) < 4.78 is 5.37. The van der Waals surface area contributed by atoms with E-state index in [2.05, 4.69) is 49.4 Å². The molecule has 0 fully saturated rings. The Kier molecular flexibility index (Phi) is 2.17. The smallest absolute Gasteiger partial charge is 0.126 e. The predicted octanol–water partition coefficient (Wildman–Crippen LogP) is 3.48. The van der Waals surface area contributed by atoms with Crippen LogP contribution >= 0.6 is 0 Å². The minimum Gasteiger partial charge on any atom is -0.488 e. The van der Waals surface area contributed by atoms with Gasteiger partial charge in [-0.1, -0.05) is 42.0 Å². The van der Waals surface area contributed by atoms with Crippen molar-refractivity contribution in [1.29, 1.82) is 0 Å². The molecule has 1 aliphatic rings. The molecule has 0 spiro atoms. The molecule has 3 rings (SSSR count). The van der Waals surface area contributed by atoms with Crippen molar-refractivity contribution >= 4 is 0 Å². The van der Waals surface area contributed by atoms with Crippen molar-refractivity contribution in [2.45, 2.75) is 20.0 Å². The van der Waals surface area contributed by atoms with E-state index in [-0.39, 0.29) is 0 Å². The Balaban J connectivity index is 1.83. The molecular weight excluding hydrogens is 196 g/mol. The van der Waals surface area contributed by atoms with Gasteiger partial charge in [-0.05, 0) is 30.5 Å². The first-order valence-corrected chi connectivity index (χ1v) is 5.61. The molecule has 0 aromatic heterocycles. The third-order valence-electron chi connectivity index (χ3n) is 3.04. The maximum Gasteiger partial charge on any atom is 0.126 e. The number of aryl methyl sites for hydroxylation is 1. The Bertz CT molecular complexity index is 511. The molecule has 0 bridgehead atoms. The molecule has 0 saturated carbocycles. The van der Waals surface area contributed by atoms with Crippen molar-refractivity contribution in [3.8, 4) is 5.75 Å². The van der Waals surface area contributed by atoms with Crippen LogP contribution in [0.2, 0.25) is 0 Å². The van der Waals surface area contributed by atoms with Crippen LogP contribution in [0.1, 0.15) is 22.3 Å². The lowest BCUT2D eigenvalue weighted by atomic mass is 10.0. The summed E-state index contributed by atoms with van der Waals surface area (Å²) in [6.07, 6.45) is 0.983. The first-order chi connectivity index (χ1) is 7.81. The molecule has 0 aliphatic carbocycles. The first kappa shape index (κ1) is 9.46. The summed E-state index contributed by atoms with van der Waals surface area (Å²) >= 11 is 0. The summed E-state index contributed by atoms with van der Waals surface area (Å²) in [5.74, 6) is 1.06. The van der Waals surface area contributed by atoms with Crippen LogP contribution in [0, 0.1) is 6.92 Å². The zero-order valence-corrected chi connectivity index (χ0v) is 9.36. The summed E-state index contributed by atoms with van der Waals surface area (Å²) in [6.45, 7) is 2.89. The molecule has 1 aliphatic heterocycles. The Morgan fingerprint density at radius 3 is 2.38 bits per heavy atom. The van der Waals surface area contributed by atoms with Gasteiger partial charge in [0.1, 0.15) is 12.4 Å². The summed E-state index contributed by atoms with van der Waals surface area (Å²) in [7, 11) is 0. The molecule has 80 valence electrons. The molecule has 0 saturated heterocycles. The second-order valence-corrected chi connectivity index (χ2v) is 4.39. The second kappa shape index (κ2) is 3.67. The van der Waals surface area contributed by atoms with Crippen molar-refractivity contribution in [3.05, 3.63) is 64.7 Å². The van der Waals surface area contributed by atoms with Crippen molar-refractivity contribution < 1.29 is 4.74 Å². The molecular formula is C15H14O. The lowest BCUT2D eigenvalue weighted by Crippen LogP contribution is -2.09. The Morgan fingerprint density at radius 1 is 1.00 bits per heavy atom. The zero-order valence-electron chi connectivity index (χ0n) is 9.36. The maximum absolute atomic E-state index is 5.37. The molecule has 2 aromatic rings. The second-order valence-electron chi connectivity index (χ2n) is 4.39. The first-order valence-electron chi connectivity index (χ1n) is 5.61. The standard InChI is InChI=1S/C15H14O/c1-11-2-4-12(5-3-11)8-13-6-7-14-10-16-15(14)9-13/h2-7,9H,8,10H2,1H3. The minimum absolute atomic E-state index is 0.778. The van der Waals surface area contributed by atoms with Gasteiger partial charge < -0.3 is 4.74 Å². The normalized spacial score (nSPS) is 12.6. The lowest BCUT2D eigenvalue weighted by Gasteiger charge is -2.20. The van der Waals surface area contributed by atoms with E-state index in [1.165, 1.54) is 22.3 Å². The van der Waals surface area contributed by atoms with E-state index in [1.54, 1.807) is 0 Å². The summed E-state index contributed by atoms with van der Waals surface area (Å²) in [5, 5.41) is 0. The lowest BCUT2D eigenvalue weighted by molar-refractivity contribution is 0.243. The van der Waals surface area contributed by atoms with Gasteiger partial charge in [0.15, 0.2) is 0 Å². The number of fused-ring (bicyclic) bond motifs is 1. The number of hydrogen-bond acceptors (Lipinski definition) is 1. The van der Waals surface area contributed by atoms with Gasteiger partial charge in [-0.2, -0.15) is 0 Å². The molecule has 0 unspecified atom stereocenters. The fourth-order valence-electron chi connectivity index (χ4n) is 1.98. The van der Waals surface area contributed by atoms with E-state index in [0.717, 1.165) is 18.8 Å². The number of rotatable bonds is 2. The Labute approximate surface area is 95.7 Å². The molecule has 0 atom stereocenters. The highest BCUT2D eigenvalue weighted by molar-refractivity contribution is 5.43. The van der Waals surface area contributed by atoms with Crippen LogP contribution in [0.4, 0.5) is 0 Å². The van der Waals surface area contributed by atoms with E-state index in [4.69, 9.17) is 4.74 Å². The maximum atomic E-state index is 5.37. The predicted molar refractivity (Wildman–Crippen MR) is 64.8 cm³/mol. The van der Waals surface area contributed by atoms with Gasteiger partial charge in [0.05, 0.1) is 0 Å². The van der Waals surface area contributed by atoms with Gasteiger partial charge in [-0.3, -0.25) is 0 Å². The van der Waals surface area contributed by atoms with E-state index in [9.17, 15) is 0 Å². The summed E-state index contributed by atoms with van der Waals surface area (Å²) in [5.41, 5.74) is 5.31. The monoisotopic (exact) mass is 210 g/mol. The van der Waals surface area contributed by atoms with Gasteiger partial charge in [-0.15, -0.1) is 0 Å². The molecule has 0 N–H and O–H groups in total. The summed E-state index contributed by atoms with van der Waals surface area (Å²) in [4.78, 5) is 0. The van der Waals surface area contributed by atoms with Crippen molar-refractivity contribution in [2.75, 3.05) is 0 Å². The van der Waals surface area contributed by atoms with Crippen molar-refractivity contribution in [3.63, 3.8) is 0 Å². The van der Waals surface area contributed by atoms with E-state index >= 15 is 0 Å². The van der Waals surface area contributed by atoms with Crippen LogP contribution in [-0.2, 0) is 13.0 Å². The number of ether oxygens (including phenoxy) is 1. The van der Waals surface area contributed by atoms with Crippen LogP contribution in [0.25, 0.3) is 0 Å². The van der Waals surface area contributed by atoms with Crippen LogP contribution in [0.15, 0.2) is 42.5 Å². The average molecular weight is 210 g/mol. The third-order valence-corrected chi connectivity index (χ3v) is 3.04. The van der Waals surface area contributed by atoms with E-state index < -0.39 is 0 Å². The molecule has 1 nitrogen and oxygen atoms in total. The molecule has 1 heterocycles. The zero-order chi connectivity index (χ0) is 11.0. The van der Waals surface area contributed by atoms with Crippen LogP contribution in [0.5, 0.6) is 5.75 Å². The van der Waals surface area contributed by atoms with Crippen LogP contribution < -0.4 is 4.74 Å². The average Bonchev–Trinajstić information content (AvgIpc) is 2.26. The van der Waals surface area contributed by atoms with Crippen molar-refractivity contribution in [2.24, 2.45) is 0 Å². The molecule has 0 amide bonds. The van der Waals surface area contributed by atoms with Gasteiger partial charge in [0.25, 0.3) is 0 Å². The largest absolute Gasteiger partial charge is 0.488 e. The molecule has 16 heavy (non-hydrogen) atoms. The van der Waals surface area contributed by atoms with E-state index in [0.29, 0.717) is 0 Å². The molecule has 2 aromatic carbocycles. The fraction of sp³-hybridized carbons (Fsp3) is 0.200. The van der Waals surface area contributed by atoms with Crippen LogP contribution in [-0.4, -0.2) is 0 Å². The van der Waals surface area contributed by atoms with Gasteiger partial charge in [-0.25, -0.2) is 0 Å². The highest BCUT2D eigenvalue weighted by atomic mass is 16.5. The highest BCUT2D eigenvalue weighted by Crippen LogP contribution is 2.30. The quantitative estimate of drug-likeness (QED) is 0.737. The van der Waals surface area contributed by atoms with Crippen molar-refractivity contribution in [1.82, 2.24) is 0 Å². The Hall–Kier alpha value is -1.76. The van der Waals surface area contributed by atoms with Gasteiger partial charge in [0, 0.05) is 5.56 Å². The van der Waals surface area contributed by atoms with Crippen LogP contribution in [0.3, 0.4) is 0 Å². The minimum atomic E-state index is 0.778. The fourth-order valence-corrected chi connectivity index (χ4v) is 1.98. The molecule has 0 radical (unpaired) electrons.